The molecule has 0 aliphatic heterocycles. The average Bonchev–Trinajstić information content (AvgIpc) is 3.01. The molecule has 0 heterocycles. The molecule has 0 saturated heterocycles. The van der Waals surface area contributed by atoms with Crippen molar-refractivity contribution in [3.63, 3.8) is 0 Å². The van der Waals surface area contributed by atoms with Crippen LogP contribution in [-0.2, 0) is 0 Å². The van der Waals surface area contributed by atoms with E-state index in [9.17, 15) is 0 Å². The molecule has 0 spiro atoms. The number of benzene rings is 1. The van der Waals surface area contributed by atoms with Crippen molar-refractivity contribution in [2.45, 2.75) is 58.4 Å². The lowest BCUT2D eigenvalue weighted by molar-refractivity contribution is 0.298. The van der Waals surface area contributed by atoms with E-state index in [2.05, 4.69) is 43.4 Å². The van der Waals surface area contributed by atoms with Crippen LogP contribution in [0.1, 0.15) is 64.0 Å². The molecule has 2 heteroatoms. The molecule has 2 nitrogen and oxygen atoms in total. The van der Waals surface area contributed by atoms with E-state index in [1.807, 2.05) is 0 Å². The first kappa shape index (κ1) is 15.4. The van der Waals surface area contributed by atoms with Gasteiger partial charge in [-0.25, -0.2) is 0 Å². The van der Waals surface area contributed by atoms with Crippen molar-refractivity contribution in [1.82, 2.24) is 5.32 Å². The summed E-state index contributed by atoms with van der Waals surface area (Å²) in [5, 5.41) is 3.76. The molecule has 112 valence electrons. The lowest BCUT2D eigenvalue weighted by Crippen LogP contribution is -2.28. The van der Waals surface area contributed by atoms with Crippen LogP contribution in [0.5, 0.6) is 5.75 Å². The van der Waals surface area contributed by atoms with Crippen molar-refractivity contribution < 1.29 is 4.74 Å². The maximum absolute atomic E-state index is 5.97. The zero-order chi connectivity index (χ0) is 14.2. The number of hydrogen-bond donors (Lipinski definition) is 1. The SMILES string of the molecule is CCCNC(c1ccccc1OCCC)C1CCCC1. The van der Waals surface area contributed by atoms with E-state index in [0.717, 1.165) is 31.2 Å². The standard InChI is InChI=1S/C18H29NO/c1-3-13-19-18(15-9-5-6-10-15)16-11-7-8-12-17(16)20-14-4-2/h7-8,11-12,15,18-19H,3-6,9-10,13-14H2,1-2H3. The average molecular weight is 275 g/mol. The second-order valence-electron chi connectivity index (χ2n) is 5.86. The van der Waals surface area contributed by atoms with Gasteiger partial charge in [0.15, 0.2) is 0 Å². The third-order valence-corrected chi connectivity index (χ3v) is 4.20. The Labute approximate surface area is 123 Å². The number of para-hydroxylation sites is 1. The van der Waals surface area contributed by atoms with Crippen LogP contribution in [0.15, 0.2) is 24.3 Å². The molecule has 1 N–H and O–H groups in total. The van der Waals surface area contributed by atoms with Crippen LogP contribution < -0.4 is 10.1 Å². The van der Waals surface area contributed by atoms with Crippen molar-refractivity contribution in [3.8, 4) is 5.75 Å². The van der Waals surface area contributed by atoms with E-state index in [-0.39, 0.29) is 0 Å². The zero-order valence-electron chi connectivity index (χ0n) is 13.0. The fourth-order valence-corrected chi connectivity index (χ4v) is 3.20. The van der Waals surface area contributed by atoms with Crippen molar-refractivity contribution in [2.75, 3.05) is 13.2 Å². The van der Waals surface area contributed by atoms with Crippen LogP contribution in [0.25, 0.3) is 0 Å². The topological polar surface area (TPSA) is 21.3 Å². The minimum absolute atomic E-state index is 0.463. The van der Waals surface area contributed by atoms with Crippen LogP contribution in [0, 0.1) is 5.92 Å². The maximum Gasteiger partial charge on any atom is 0.124 e. The lowest BCUT2D eigenvalue weighted by Gasteiger charge is -2.27. The van der Waals surface area contributed by atoms with Gasteiger partial charge in [-0.05, 0) is 44.2 Å². The Hall–Kier alpha value is -1.02. The molecular formula is C18H29NO. The molecule has 1 aromatic rings. The summed E-state index contributed by atoms with van der Waals surface area (Å²) < 4.78 is 5.97. The summed E-state index contributed by atoms with van der Waals surface area (Å²) in [5.74, 6) is 1.85. The molecule has 20 heavy (non-hydrogen) atoms. The monoisotopic (exact) mass is 275 g/mol. The highest BCUT2D eigenvalue weighted by Crippen LogP contribution is 2.39. The Balaban J connectivity index is 2.17. The van der Waals surface area contributed by atoms with Gasteiger partial charge >= 0.3 is 0 Å². The van der Waals surface area contributed by atoms with E-state index in [0.29, 0.717) is 6.04 Å². The predicted molar refractivity (Wildman–Crippen MR) is 85.2 cm³/mol. The van der Waals surface area contributed by atoms with E-state index in [4.69, 9.17) is 4.74 Å². The Morgan fingerprint density at radius 1 is 1.15 bits per heavy atom. The Morgan fingerprint density at radius 3 is 2.60 bits per heavy atom. The van der Waals surface area contributed by atoms with Gasteiger partial charge in [0.25, 0.3) is 0 Å². The number of rotatable bonds is 8. The van der Waals surface area contributed by atoms with Crippen LogP contribution in [0.2, 0.25) is 0 Å². The zero-order valence-corrected chi connectivity index (χ0v) is 13.0. The van der Waals surface area contributed by atoms with Crippen LogP contribution in [-0.4, -0.2) is 13.2 Å². The molecular weight excluding hydrogens is 246 g/mol. The highest BCUT2D eigenvalue weighted by Gasteiger charge is 2.27. The van der Waals surface area contributed by atoms with Gasteiger partial charge in [0, 0.05) is 11.6 Å². The molecule has 1 fully saturated rings. The third-order valence-electron chi connectivity index (χ3n) is 4.20. The first-order chi connectivity index (χ1) is 9.86. The van der Waals surface area contributed by atoms with Crippen LogP contribution >= 0.6 is 0 Å². The van der Waals surface area contributed by atoms with Gasteiger partial charge in [0.2, 0.25) is 0 Å². The summed E-state index contributed by atoms with van der Waals surface area (Å²) in [7, 11) is 0. The van der Waals surface area contributed by atoms with Gasteiger partial charge in [0.05, 0.1) is 6.61 Å². The molecule has 1 aromatic carbocycles. The second-order valence-corrected chi connectivity index (χ2v) is 5.86. The summed E-state index contributed by atoms with van der Waals surface area (Å²) in [6.07, 6.45) is 7.71. The fraction of sp³-hybridized carbons (Fsp3) is 0.667. The van der Waals surface area contributed by atoms with Gasteiger partial charge in [0.1, 0.15) is 5.75 Å². The van der Waals surface area contributed by atoms with Gasteiger partial charge in [-0.2, -0.15) is 0 Å². The predicted octanol–water partition coefficient (Wildman–Crippen LogP) is 4.71. The number of ether oxygens (including phenoxy) is 1. The minimum Gasteiger partial charge on any atom is -0.493 e. The second kappa shape index (κ2) is 8.31. The minimum atomic E-state index is 0.463. The molecule has 0 amide bonds. The molecule has 0 bridgehead atoms. The Morgan fingerprint density at radius 2 is 1.90 bits per heavy atom. The Kier molecular flexibility index (Phi) is 6.38. The van der Waals surface area contributed by atoms with Crippen molar-refractivity contribution in [3.05, 3.63) is 29.8 Å². The summed E-state index contributed by atoms with van der Waals surface area (Å²) in [6, 6.07) is 9.06. The van der Waals surface area contributed by atoms with Crippen molar-refractivity contribution in [2.24, 2.45) is 5.92 Å². The van der Waals surface area contributed by atoms with Gasteiger partial charge in [-0.1, -0.05) is 44.9 Å². The molecule has 1 atom stereocenters. The number of hydrogen-bond acceptors (Lipinski definition) is 2. The van der Waals surface area contributed by atoms with E-state index >= 15 is 0 Å². The maximum atomic E-state index is 5.97. The Bertz CT molecular complexity index is 385. The summed E-state index contributed by atoms with van der Waals surface area (Å²) in [6.45, 7) is 6.29. The summed E-state index contributed by atoms with van der Waals surface area (Å²) in [5.41, 5.74) is 1.36. The highest BCUT2D eigenvalue weighted by atomic mass is 16.5. The van der Waals surface area contributed by atoms with E-state index in [1.54, 1.807) is 0 Å². The first-order valence-corrected chi connectivity index (χ1v) is 8.32. The largest absolute Gasteiger partial charge is 0.493 e. The fourth-order valence-electron chi connectivity index (χ4n) is 3.20. The van der Waals surface area contributed by atoms with Crippen LogP contribution in [0.4, 0.5) is 0 Å². The summed E-state index contributed by atoms with van der Waals surface area (Å²) >= 11 is 0. The molecule has 1 unspecified atom stereocenters. The van der Waals surface area contributed by atoms with E-state index in [1.165, 1.54) is 37.7 Å². The van der Waals surface area contributed by atoms with Gasteiger partial charge in [-0.15, -0.1) is 0 Å². The van der Waals surface area contributed by atoms with Crippen molar-refractivity contribution >= 4 is 0 Å². The van der Waals surface area contributed by atoms with Gasteiger partial charge in [-0.3, -0.25) is 0 Å². The normalized spacial score (nSPS) is 17.3. The van der Waals surface area contributed by atoms with Crippen LogP contribution in [0.3, 0.4) is 0 Å². The molecule has 1 aliphatic carbocycles. The number of nitrogens with one attached hydrogen (secondary N) is 1. The quantitative estimate of drug-likeness (QED) is 0.742. The van der Waals surface area contributed by atoms with E-state index < -0.39 is 0 Å². The highest BCUT2D eigenvalue weighted by molar-refractivity contribution is 5.36. The molecule has 1 saturated carbocycles. The third kappa shape index (κ3) is 3.99. The smallest absolute Gasteiger partial charge is 0.124 e. The first-order valence-electron chi connectivity index (χ1n) is 8.32. The lowest BCUT2D eigenvalue weighted by atomic mass is 9.91. The summed E-state index contributed by atoms with van der Waals surface area (Å²) in [4.78, 5) is 0. The van der Waals surface area contributed by atoms with Crippen molar-refractivity contribution in [1.29, 1.82) is 0 Å². The molecule has 2 rings (SSSR count). The molecule has 1 aliphatic rings. The molecule has 0 radical (unpaired) electrons. The van der Waals surface area contributed by atoms with Gasteiger partial charge < -0.3 is 10.1 Å². The molecule has 0 aromatic heterocycles.